The average Bonchev–Trinajstić information content (AvgIpc) is 2.94. The highest BCUT2D eigenvalue weighted by atomic mass is 35.5. The summed E-state index contributed by atoms with van der Waals surface area (Å²) in [6, 6.07) is 11.5. The number of likely N-dealkylation sites (tertiary alicyclic amines) is 1. The SMILES string of the molecule is CS(=O)(=O)C[C@@H]1CCCN(Cc2ccc(-c3ccccc3Cl)o2)C1. The molecule has 2 aromatic rings. The molecular formula is C18H22ClNO3S. The summed E-state index contributed by atoms with van der Waals surface area (Å²) in [5, 5.41) is 0.671. The van der Waals surface area contributed by atoms with Gasteiger partial charge < -0.3 is 4.42 Å². The van der Waals surface area contributed by atoms with Gasteiger partial charge in [-0.15, -0.1) is 0 Å². The minimum Gasteiger partial charge on any atom is -0.460 e. The van der Waals surface area contributed by atoms with E-state index in [0.717, 1.165) is 43.0 Å². The number of furan rings is 1. The van der Waals surface area contributed by atoms with E-state index in [1.165, 1.54) is 6.26 Å². The maximum Gasteiger partial charge on any atom is 0.147 e. The fourth-order valence-electron chi connectivity index (χ4n) is 3.35. The van der Waals surface area contributed by atoms with Crippen LogP contribution in [0.1, 0.15) is 18.6 Å². The summed E-state index contributed by atoms with van der Waals surface area (Å²) >= 11 is 6.21. The summed E-state index contributed by atoms with van der Waals surface area (Å²) in [5.74, 6) is 2.13. The second-order valence-corrected chi connectivity index (χ2v) is 9.17. The number of hydrogen-bond donors (Lipinski definition) is 0. The smallest absolute Gasteiger partial charge is 0.147 e. The number of nitrogens with zero attached hydrogens (tertiary/aromatic N) is 1. The minimum atomic E-state index is -2.92. The zero-order valence-electron chi connectivity index (χ0n) is 13.7. The summed E-state index contributed by atoms with van der Waals surface area (Å²) in [4.78, 5) is 2.27. The third-order valence-corrected chi connectivity index (χ3v) is 5.73. The summed E-state index contributed by atoms with van der Waals surface area (Å²) in [6.45, 7) is 2.47. The van der Waals surface area contributed by atoms with Crippen molar-refractivity contribution in [3.63, 3.8) is 0 Å². The lowest BCUT2D eigenvalue weighted by molar-refractivity contribution is 0.167. The lowest BCUT2D eigenvalue weighted by Crippen LogP contribution is -2.37. The van der Waals surface area contributed by atoms with Crippen LogP contribution < -0.4 is 0 Å². The summed E-state index contributed by atoms with van der Waals surface area (Å²) < 4.78 is 29.0. The molecule has 0 aliphatic carbocycles. The predicted molar refractivity (Wildman–Crippen MR) is 96.9 cm³/mol. The molecule has 1 atom stereocenters. The second kappa shape index (κ2) is 7.30. The van der Waals surface area contributed by atoms with Crippen molar-refractivity contribution in [2.24, 2.45) is 5.92 Å². The fraction of sp³-hybridized carbons (Fsp3) is 0.444. The molecule has 6 heteroatoms. The van der Waals surface area contributed by atoms with E-state index in [9.17, 15) is 8.42 Å². The molecule has 1 aromatic heterocycles. The molecule has 1 saturated heterocycles. The van der Waals surface area contributed by atoms with Crippen molar-refractivity contribution in [1.29, 1.82) is 0 Å². The first-order valence-corrected chi connectivity index (χ1v) is 10.6. The van der Waals surface area contributed by atoms with Gasteiger partial charge in [-0.1, -0.05) is 23.7 Å². The molecule has 1 aliphatic heterocycles. The van der Waals surface area contributed by atoms with Gasteiger partial charge in [0, 0.05) is 18.4 Å². The first-order valence-electron chi connectivity index (χ1n) is 8.14. The third kappa shape index (κ3) is 4.62. The van der Waals surface area contributed by atoms with Gasteiger partial charge in [-0.05, 0) is 49.6 Å². The molecule has 2 heterocycles. The van der Waals surface area contributed by atoms with Crippen LogP contribution in [0.2, 0.25) is 5.02 Å². The maximum absolute atomic E-state index is 11.5. The fourth-order valence-corrected chi connectivity index (χ4v) is 4.71. The number of rotatable bonds is 5. The Morgan fingerprint density at radius 1 is 1.25 bits per heavy atom. The molecule has 0 unspecified atom stereocenters. The molecule has 1 aromatic carbocycles. The van der Waals surface area contributed by atoms with Crippen molar-refractivity contribution in [2.75, 3.05) is 25.1 Å². The molecule has 0 radical (unpaired) electrons. The predicted octanol–water partition coefficient (Wildman–Crippen LogP) is 3.86. The van der Waals surface area contributed by atoms with E-state index in [0.29, 0.717) is 11.6 Å². The second-order valence-electron chi connectivity index (χ2n) is 6.58. The van der Waals surface area contributed by atoms with E-state index < -0.39 is 9.84 Å². The molecule has 0 amide bonds. The Morgan fingerprint density at radius 2 is 2.04 bits per heavy atom. The first kappa shape index (κ1) is 17.5. The van der Waals surface area contributed by atoms with Crippen molar-refractivity contribution in [3.8, 4) is 11.3 Å². The standard InChI is InChI=1S/C18H22ClNO3S/c1-24(21,22)13-14-5-4-10-20(11-14)12-15-8-9-18(23-15)16-6-2-3-7-17(16)19/h2-3,6-9,14H,4-5,10-13H2,1H3/t14-/m1/s1. The van der Waals surface area contributed by atoms with E-state index in [4.69, 9.17) is 16.0 Å². The third-order valence-electron chi connectivity index (χ3n) is 4.32. The zero-order valence-corrected chi connectivity index (χ0v) is 15.3. The molecule has 1 aliphatic rings. The Balaban J connectivity index is 1.65. The quantitative estimate of drug-likeness (QED) is 0.805. The van der Waals surface area contributed by atoms with Gasteiger partial charge in [0.15, 0.2) is 0 Å². The number of piperidine rings is 1. The van der Waals surface area contributed by atoms with Crippen LogP contribution in [0.25, 0.3) is 11.3 Å². The van der Waals surface area contributed by atoms with Crippen LogP contribution in [0.15, 0.2) is 40.8 Å². The molecule has 0 spiro atoms. The molecular weight excluding hydrogens is 346 g/mol. The number of benzene rings is 1. The van der Waals surface area contributed by atoms with Crippen molar-refractivity contribution in [2.45, 2.75) is 19.4 Å². The molecule has 1 fully saturated rings. The summed E-state index contributed by atoms with van der Waals surface area (Å²) in [7, 11) is -2.92. The van der Waals surface area contributed by atoms with Crippen LogP contribution >= 0.6 is 11.6 Å². The van der Waals surface area contributed by atoms with Gasteiger partial charge >= 0.3 is 0 Å². The van der Waals surface area contributed by atoms with Gasteiger partial charge in [0.1, 0.15) is 21.4 Å². The van der Waals surface area contributed by atoms with E-state index >= 15 is 0 Å². The Hall–Kier alpha value is -1.30. The lowest BCUT2D eigenvalue weighted by atomic mass is 10.00. The van der Waals surface area contributed by atoms with E-state index in [1.54, 1.807) is 0 Å². The van der Waals surface area contributed by atoms with Crippen LogP contribution in [0.3, 0.4) is 0 Å². The molecule has 0 N–H and O–H groups in total. The Kier molecular flexibility index (Phi) is 5.33. The van der Waals surface area contributed by atoms with Gasteiger partial charge in [-0.2, -0.15) is 0 Å². The van der Waals surface area contributed by atoms with Gasteiger partial charge in [0.25, 0.3) is 0 Å². The van der Waals surface area contributed by atoms with Gasteiger partial charge in [-0.3, -0.25) is 4.90 Å². The average molecular weight is 368 g/mol. The highest BCUT2D eigenvalue weighted by Gasteiger charge is 2.24. The van der Waals surface area contributed by atoms with Crippen LogP contribution in [-0.2, 0) is 16.4 Å². The van der Waals surface area contributed by atoms with E-state index in [1.807, 2.05) is 36.4 Å². The molecule has 0 bridgehead atoms. The lowest BCUT2D eigenvalue weighted by Gasteiger charge is -2.31. The highest BCUT2D eigenvalue weighted by Crippen LogP contribution is 2.30. The van der Waals surface area contributed by atoms with Crippen molar-refractivity contribution in [3.05, 3.63) is 47.2 Å². The first-order chi connectivity index (χ1) is 11.4. The van der Waals surface area contributed by atoms with Gasteiger partial charge in [-0.25, -0.2) is 8.42 Å². The molecule has 24 heavy (non-hydrogen) atoms. The van der Waals surface area contributed by atoms with Crippen molar-refractivity contribution < 1.29 is 12.8 Å². The Bertz CT molecular complexity index is 800. The van der Waals surface area contributed by atoms with E-state index in [-0.39, 0.29) is 11.7 Å². The zero-order chi connectivity index (χ0) is 17.2. The monoisotopic (exact) mass is 367 g/mol. The van der Waals surface area contributed by atoms with Crippen LogP contribution in [-0.4, -0.2) is 38.4 Å². The Labute approximate surface area is 148 Å². The normalized spacial score (nSPS) is 19.5. The van der Waals surface area contributed by atoms with E-state index in [2.05, 4.69) is 4.90 Å². The number of hydrogen-bond acceptors (Lipinski definition) is 4. The number of halogens is 1. The minimum absolute atomic E-state index is 0.215. The summed E-state index contributed by atoms with van der Waals surface area (Å²) in [5.41, 5.74) is 0.888. The van der Waals surface area contributed by atoms with Crippen molar-refractivity contribution in [1.82, 2.24) is 4.90 Å². The number of sulfone groups is 1. The molecule has 130 valence electrons. The largest absolute Gasteiger partial charge is 0.460 e. The molecule has 0 saturated carbocycles. The molecule has 4 nitrogen and oxygen atoms in total. The van der Waals surface area contributed by atoms with Gasteiger partial charge in [0.2, 0.25) is 0 Å². The Morgan fingerprint density at radius 3 is 2.79 bits per heavy atom. The van der Waals surface area contributed by atoms with Crippen LogP contribution in [0.5, 0.6) is 0 Å². The maximum atomic E-state index is 11.5. The molecule has 3 rings (SSSR count). The van der Waals surface area contributed by atoms with Gasteiger partial charge in [0.05, 0.1) is 17.3 Å². The topological polar surface area (TPSA) is 50.5 Å². The van der Waals surface area contributed by atoms with Crippen molar-refractivity contribution >= 4 is 21.4 Å². The highest BCUT2D eigenvalue weighted by molar-refractivity contribution is 7.90. The van der Waals surface area contributed by atoms with Crippen LogP contribution in [0.4, 0.5) is 0 Å². The van der Waals surface area contributed by atoms with Crippen LogP contribution in [0, 0.1) is 5.92 Å². The summed E-state index contributed by atoms with van der Waals surface area (Å²) in [6.07, 6.45) is 3.32.